The van der Waals surface area contributed by atoms with Gasteiger partial charge in [0.05, 0.1) is 5.92 Å². The zero-order chi connectivity index (χ0) is 19.5. The number of hydrogen-bond acceptors (Lipinski definition) is 6. The van der Waals surface area contributed by atoms with Crippen LogP contribution >= 0.6 is 0 Å². The van der Waals surface area contributed by atoms with Gasteiger partial charge >= 0.3 is 0 Å². The summed E-state index contributed by atoms with van der Waals surface area (Å²) in [5.74, 6) is 1.25. The minimum atomic E-state index is 0.194. The molecule has 3 heterocycles. The van der Waals surface area contributed by atoms with Crippen LogP contribution in [0.4, 0.5) is 5.95 Å². The number of hydrogen-bond donors (Lipinski definition) is 1. The van der Waals surface area contributed by atoms with Gasteiger partial charge in [-0.25, -0.2) is 9.97 Å². The van der Waals surface area contributed by atoms with Gasteiger partial charge < -0.3 is 10.2 Å². The van der Waals surface area contributed by atoms with E-state index in [1.807, 2.05) is 31.4 Å². The molecule has 2 saturated heterocycles. The second kappa shape index (κ2) is 8.74. The first-order valence-electron chi connectivity index (χ1n) is 10.8. The summed E-state index contributed by atoms with van der Waals surface area (Å²) in [4.78, 5) is 28.3. The molecule has 154 valence electrons. The van der Waals surface area contributed by atoms with E-state index in [2.05, 4.69) is 25.1 Å². The van der Waals surface area contributed by atoms with Crippen molar-refractivity contribution in [3.8, 4) is 0 Å². The molecular weight excluding hydrogens is 352 g/mol. The summed E-state index contributed by atoms with van der Waals surface area (Å²) >= 11 is 0. The molecule has 0 aromatic carbocycles. The van der Waals surface area contributed by atoms with E-state index in [-0.39, 0.29) is 5.92 Å². The van der Waals surface area contributed by atoms with Crippen LogP contribution in [-0.2, 0) is 11.3 Å². The summed E-state index contributed by atoms with van der Waals surface area (Å²) < 4.78 is 0. The third-order valence-electron chi connectivity index (χ3n) is 6.32. The van der Waals surface area contributed by atoms with Crippen molar-refractivity contribution in [3.63, 3.8) is 0 Å². The van der Waals surface area contributed by atoms with Gasteiger partial charge in [-0.3, -0.25) is 14.6 Å². The molecule has 1 unspecified atom stereocenters. The van der Waals surface area contributed by atoms with E-state index in [1.165, 1.54) is 31.2 Å². The Morgan fingerprint density at radius 1 is 1.11 bits per heavy atom. The number of carbonyl (C=O) groups excluding carboxylic acids is 1. The smallest absolute Gasteiger partial charge is 0.224 e. The molecule has 28 heavy (non-hydrogen) atoms. The first kappa shape index (κ1) is 19.6. The fourth-order valence-corrected chi connectivity index (χ4v) is 4.46. The number of nitrogens with zero attached hydrogens (tertiary/aromatic N) is 5. The Hall–Kier alpha value is -1.73. The minimum absolute atomic E-state index is 0.194. The Balaban J connectivity index is 1.23. The standard InChI is InChI=1S/C21H34N6O/c1-25(2)21-22-12-16(13-23-21)14-26-10-7-19(8-11-26)27-9-3-4-17(15-27)20(28)24-18-5-6-18/h12-13,17-19H,3-11,14-15H2,1-2H3,(H,24,28). The number of rotatable bonds is 6. The Bertz CT molecular complexity index is 651. The number of aromatic nitrogens is 2. The summed E-state index contributed by atoms with van der Waals surface area (Å²) in [6.45, 7) is 5.23. The second-order valence-corrected chi connectivity index (χ2v) is 8.91. The lowest BCUT2D eigenvalue weighted by Gasteiger charge is -2.42. The second-order valence-electron chi connectivity index (χ2n) is 8.91. The van der Waals surface area contributed by atoms with Crippen LogP contribution in [0.2, 0.25) is 0 Å². The van der Waals surface area contributed by atoms with Gasteiger partial charge in [0.15, 0.2) is 0 Å². The Labute approximate surface area is 168 Å². The maximum absolute atomic E-state index is 12.4. The van der Waals surface area contributed by atoms with E-state index in [4.69, 9.17) is 0 Å². The lowest BCUT2D eigenvalue weighted by Crippen LogP contribution is -2.50. The SMILES string of the molecule is CN(C)c1ncc(CN2CCC(N3CCCC(C(=O)NC4CC4)C3)CC2)cn1. The van der Waals surface area contributed by atoms with E-state index in [1.54, 1.807) is 0 Å². The molecule has 3 aliphatic rings. The summed E-state index contributed by atoms with van der Waals surface area (Å²) in [7, 11) is 3.92. The van der Waals surface area contributed by atoms with E-state index < -0.39 is 0 Å². The van der Waals surface area contributed by atoms with Gasteiger partial charge in [0, 0.05) is 57.2 Å². The molecular formula is C21H34N6O. The van der Waals surface area contributed by atoms with Gasteiger partial charge in [-0.1, -0.05) is 0 Å². The highest BCUT2D eigenvalue weighted by molar-refractivity contribution is 5.79. The van der Waals surface area contributed by atoms with Crippen molar-refractivity contribution in [2.45, 2.75) is 57.2 Å². The van der Waals surface area contributed by atoms with E-state index in [0.29, 0.717) is 18.0 Å². The van der Waals surface area contributed by atoms with Crippen LogP contribution in [0.5, 0.6) is 0 Å². The average molecular weight is 387 g/mol. The molecule has 4 rings (SSSR count). The van der Waals surface area contributed by atoms with Crippen molar-refractivity contribution in [1.29, 1.82) is 0 Å². The van der Waals surface area contributed by atoms with E-state index in [0.717, 1.165) is 51.5 Å². The van der Waals surface area contributed by atoms with Crippen LogP contribution in [-0.4, -0.2) is 78.0 Å². The third-order valence-corrected chi connectivity index (χ3v) is 6.32. The van der Waals surface area contributed by atoms with Crippen LogP contribution in [0.1, 0.15) is 44.1 Å². The molecule has 2 aliphatic heterocycles. The van der Waals surface area contributed by atoms with Crippen molar-refractivity contribution in [2.24, 2.45) is 5.92 Å². The molecule has 1 N–H and O–H groups in total. The third kappa shape index (κ3) is 5.00. The Kier molecular flexibility index (Phi) is 6.11. The largest absolute Gasteiger partial charge is 0.353 e. The fourth-order valence-electron chi connectivity index (χ4n) is 4.46. The molecule has 1 aliphatic carbocycles. The molecule has 0 bridgehead atoms. The predicted octanol–water partition coefficient (Wildman–Crippen LogP) is 1.50. The highest BCUT2D eigenvalue weighted by atomic mass is 16.2. The van der Waals surface area contributed by atoms with Gasteiger partial charge in [0.1, 0.15) is 0 Å². The topological polar surface area (TPSA) is 64.6 Å². The van der Waals surface area contributed by atoms with Crippen LogP contribution in [0.25, 0.3) is 0 Å². The Morgan fingerprint density at radius 2 is 1.82 bits per heavy atom. The highest BCUT2D eigenvalue weighted by Crippen LogP contribution is 2.26. The van der Waals surface area contributed by atoms with Gasteiger partial charge in [-0.2, -0.15) is 0 Å². The summed E-state index contributed by atoms with van der Waals surface area (Å²) in [6.07, 6.45) is 10.8. The number of carbonyl (C=O) groups is 1. The molecule has 1 amide bonds. The lowest BCUT2D eigenvalue weighted by atomic mass is 9.93. The lowest BCUT2D eigenvalue weighted by molar-refractivity contribution is -0.127. The predicted molar refractivity (Wildman–Crippen MR) is 110 cm³/mol. The van der Waals surface area contributed by atoms with Crippen molar-refractivity contribution in [1.82, 2.24) is 25.1 Å². The quantitative estimate of drug-likeness (QED) is 0.799. The zero-order valence-corrected chi connectivity index (χ0v) is 17.3. The first-order valence-corrected chi connectivity index (χ1v) is 10.8. The molecule has 1 atom stereocenters. The molecule has 1 saturated carbocycles. The average Bonchev–Trinajstić information content (AvgIpc) is 3.53. The van der Waals surface area contributed by atoms with Crippen LogP contribution < -0.4 is 10.2 Å². The summed E-state index contributed by atoms with van der Waals surface area (Å²) in [6, 6.07) is 1.10. The maximum atomic E-state index is 12.4. The maximum Gasteiger partial charge on any atom is 0.224 e. The van der Waals surface area contributed by atoms with Gasteiger partial charge in [0.2, 0.25) is 11.9 Å². The van der Waals surface area contributed by atoms with E-state index in [9.17, 15) is 4.79 Å². The van der Waals surface area contributed by atoms with Gasteiger partial charge in [0.25, 0.3) is 0 Å². The number of piperidine rings is 2. The summed E-state index contributed by atoms with van der Waals surface area (Å²) in [5.41, 5.74) is 1.18. The highest BCUT2D eigenvalue weighted by Gasteiger charge is 2.33. The molecule has 1 aromatic rings. The van der Waals surface area contributed by atoms with Crippen molar-refractivity contribution in [2.75, 3.05) is 45.2 Å². The molecule has 0 spiro atoms. The minimum Gasteiger partial charge on any atom is -0.353 e. The number of likely N-dealkylation sites (tertiary alicyclic amines) is 2. The van der Waals surface area contributed by atoms with Crippen molar-refractivity contribution >= 4 is 11.9 Å². The van der Waals surface area contributed by atoms with E-state index >= 15 is 0 Å². The fraction of sp³-hybridized carbons (Fsp3) is 0.762. The first-order chi connectivity index (χ1) is 13.6. The van der Waals surface area contributed by atoms with Crippen LogP contribution in [0.15, 0.2) is 12.4 Å². The molecule has 7 heteroatoms. The number of amides is 1. The zero-order valence-electron chi connectivity index (χ0n) is 17.3. The Morgan fingerprint density at radius 3 is 2.46 bits per heavy atom. The number of anilines is 1. The van der Waals surface area contributed by atoms with Crippen LogP contribution in [0.3, 0.4) is 0 Å². The molecule has 0 radical (unpaired) electrons. The normalized spacial score (nSPS) is 24.9. The molecule has 7 nitrogen and oxygen atoms in total. The summed E-state index contributed by atoms with van der Waals surface area (Å²) in [5, 5.41) is 3.20. The van der Waals surface area contributed by atoms with Gasteiger partial charge in [-0.15, -0.1) is 0 Å². The molecule has 3 fully saturated rings. The van der Waals surface area contributed by atoms with Crippen molar-refractivity contribution < 1.29 is 4.79 Å². The molecule has 1 aromatic heterocycles. The van der Waals surface area contributed by atoms with Crippen LogP contribution in [0, 0.1) is 5.92 Å². The van der Waals surface area contributed by atoms with Gasteiger partial charge in [-0.05, 0) is 58.2 Å². The number of nitrogens with one attached hydrogen (secondary N) is 1. The monoisotopic (exact) mass is 386 g/mol. The van der Waals surface area contributed by atoms with Crippen molar-refractivity contribution in [3.05, 3.63) is 18.0 Å².